The number of unbranched alkanes of at least 4 members (excludes halogenated alkanes) is 20. The van der Waals surface area contributed by atoms with Crippen molar-refractivity contribution >= 4 is 19.8 Å². The maximum atomic E-state index is 12.7. The summed E-state index contributed by atoms with van der Waals surface area (Å²) >= 11 is 0. The molecule has 354 valence electrons. The molecule has 0 radical (unpaired) electrons. The van der Waals surface area contributed by atoms with Crippen molar-refractivity contribution in [2.24, 2.45) is 0 Å². The lowest BCUT2D eigenvalue weighted by Crippen LogP contribution is -2.37. The Morgan fingerprint density at radius 3 is 1.38 bits per heavy atom. The van der Waals surface area contributed by atoms with Crippen LogP contribution in [0.25, 0.3) is 0 Å². The standard InChI is InChI=1S/C51H92NO8P/c1-6-8-10-12-14-16-18-20-22-24-25-26-28-29-31-33-35-37-39-41-43-50(53)57-47-49(48-59-61(55,56)58-46-45-52(3,4)5)60-51(54)44-42-40-38-36-34-32-30-27-23-21-19-17-15-13-11-9-7-2/h9,11,15,17,21,23,30,32,36,38,49H,6-8,10,12-14,16,18-20,22,24-29,31,33-35,37,39-48H2,1-5H3/b11-9-,17-15-,23-21-,32-30-,38-36-. The summed E-state index contributed by atoms with van der Waals surface area (Å²) in [6.45, 7) is 4.06. The first-order valence-electron chi connectivity index (χ1n) is 24.5. The summed E-state index contributed by atoms with van der Waals surface area (Å²) in [7, 11) is 1.13. The highest BCUT2D eigenvalue weighted by molar-refractivity contribution is 7.45. The predicted molar refractivity (Wildman–Crippen MR) is 254 cm³/mol. The van der Waals surface area contributed by atoms with Crippen molar-refractivity contribution in [2.45, 2.75) is 206 Å². The molecular weight excluding hydrogens is 786 g/mol. The van der Waals surface area contributed by atoms with Gasteiger partial charge in [-0.2, -0.15) is 0 Å². The molecule has 0 bridgehead atoms. The van der Waals surface area contributed by atoms with E-state index in [1.54, 1.807) is 0 Å². The number of rotatable bonds is 44. The van der Waals surface area contributed by atoms with Crippen LogP contribution in [0.5, 0.6) is 0 Å². The highest BCUT2D eigenvalue weighted by atomic mass is 31.2. The van der Waals surface area contributed by atoms with Gasteiger partial charge in [-0.05, 0) is 51.4 Å². The van der Waals surface area contributed by atoms with Crippen LogP contribution >= 0.6 is 7.82 Å². The number of hydrogen-bond donors (Lipinski definition) is 0. The van der Waals surface area contributed by atoms with Gasteiger partial charge in [0.1, 0.15) is 19.8 Å². The quantitative estimate of drug-likeness (QED) is 0.0196. The maximum Gasteiger partial charge on any atom is 0.306 e. The Kier molecular flexibility index (Phi) is 41.4. The number of esters is 2. The fourth-order valence-corrected chi connectivity index (χ4v) is 7.24. The second kappa shape index (κ2) is 43.0. The Morgan fingerprint density at radius 2 is 0.934 bits per heavy atom. The van der Waals surface area contributed by atoms with Gasteiger partial charge in [-0.25, -0.2) is 0 Å². The van der Waals surface area contributed by atoms with E-state index in [-0.39, 0.29) is 26.1 Å². The van der Waals surface area contributed by atoms with E-state index < -0.39 is 32.5 Å². The van der Waals surface area contributed by atoms with Gasteiger partial charge in [-0.1, -0.05) is 197 Å². The molecule has 0 aliphatic rings. The van der Waals surface area contributed by atoms with Gasteiger partial charge in [0.05, 0.1) is 27.7 Å². The highest BCUT2D eigenvalue weighted by Gasteiger charge is 2.21. The van der Waals surface area contributed by atoms with Crippen LogP contribution in [-0.2, 0) is 32.7 Å². The molecule has 0 aliphatic carbocycles. The molecule has 2 unspecified atom stereocenters. The molecular formula is C51H92NO8P. The second-order valence-corrected chi connectivity index (χ2v) is 18.9. The van der Waals surface area contributed by atoms with Crippen LogP contribution < -0.4 is 4.89 Å². The van der Waals surface area contributed by atoms with Crippen LogP contribution in [-0.4, -0.2) is 70.0 Å². The zero-order chi connectivity index (χ0) is 45.0. The third-order valence-corrected chi connectivity index (χ3v) is 11.3. The van der Waals surface area contributed by atoms with E-state index in [0.29, 0.717) is 23.9 Å². The zero-order valence-corrected chi connectivity index (χ0v) is 40.7. The molecule has 9 nitrogen and oxygen atoms in total. The molecule has 2 atom stereocenters. The summed E-state index contributed by atoms with van der Waals surface area (Å²) in [6, 6.07) is 0. The van der Waals surface area contributed by atoms with Crippen LogP contribution in [0, 0.1) is 0 Å². The Balaban J connectivity index is 4.34. The molecule has 0 saturated carbocycles. The fourth-order valence-electron chi connectivity index (χ4n) is 6.51. The molecule has 0 spiro atoms. The summed E-state index contributed by atoms with van der Waals surface area (Å²) in [6.07, 6.45) is 52.6. The van der Waals surface area contributed by atoms with Crippen LogP contribution in [0.15, 0.2) is 60.8 Å². The van der Waals surface area contributed by atoms with Crippen LogP contribution in [0.3, 0.4) is 0 Å². The maximum absolute atomic E-state index is 12.7. The fraction of sp³-hybridized carbons (Fsp3) is 0.765. The summed E-state index contributed by atoms with van der Waals surface area (Å²) in [5, 5.41) is 0. The van der Waals surface area contributed by atoms with Crippen molar-refractivity contribution in [3.05, 3.63) is 60.8 Å². The summed E-state index contributed by atoms with van der Waals surface area (Å²) in [4.78, 5) is 37.6. The molecule has 0 N–H and O–H groups in total. The van der Waals surface area contributed by atoms with Crippen molar-refractivity contribution in [2.75, 3.05) is 47.5 Å². The van der Waals surface area contributed by atoms with E-state index in [0.717, 1.165) is 51.4 Å². The highest BCUT2D eigenvalue weighted by Crippen LogP contribution is 2.38. The number of ether oxygens (including phenoxy) is 2. The number of quaternary nitrogens is 1. The molecule has 0 aromatic heterocycles. The van der Waals surface area contributed by atoms with Gasteiger partial charge >= 0.3 is 11.9 Å². The van der Waals surface area contributed by atoms with Gasteiger partial charge in [0, 0.05) is 12.8 Å². The first kappa shape index (κ1) is 58.7. The molecule has 61 heavy (non-hydrogen) atoms. The van der Waals surface area contributed by atoms with Crippen molar-refractivity contribution in [1.29, 1.82) is 0 Å². The van der Waals surface area contributed by atoms with Gasteiger partial charge in [0.25, 0.3) is 7.82 Å². The number of likely N-dealkylation sites (N-methyl/N-ethyl adjacent to an activating group) is 1. The number of hydrogen-bond acceptors (Lipinski definition) is 8. The molecule has 0 heterocycles. The molecule has 0 aromatic rings. The van der Waals surface area contributed by atoms with E-state index >= 15 is 0 Å². The Hall–Kier alpha value is -2.29. The molecule has 0 aliphatic heterocycles. The number of allylic oxidation sites excluding steroid dienone is 10. The molecule has 0 aromatic carbocycles. The Morgan fingerprint density at radius 1 is 0.525 bits per heavy atom. The third kappa shape index (κ3) is 47.0. The number of nitrogens with zero attached hydrogens (tertiary/aromatic N) is 1. The average molecular weight is 878 g/mol. The lowest BCUT2D eigenvalue weighted by Gasteiger charge is -2.28. The first-order valence-corrected chi connectivity index (χ1v) is 26.0. The monoisotopic (exact) mass is 878 g/mol. The minimum absolute atomic E-state index is 0.0427. The van der Waals surface area contributed by atoms with E-state index in [2.05, 4.69) is 68.5 Å². The summed E-state index contributed by atoms with van der Waals surface area (Å²) in [5.74, 6) is -0.899. The van der Waals surface area contributed by atoms with Crippen LogP contribution in [0.4, 0.5) is 0 Å². The van der Waals surface area contributed by atoms with Crippen molar-refractivity contribution in [3.63, 3.8) is 0 Å². The van der Waals surface area contributed by atoms with Gasteiger partial charge in [0.15, 0.2) is 6.10 Å². The van der Waals surface area contributed by atoms with E-state index in [1.807, 2.05) is 27.2 Å². The normalized spacial score (nSPS) is 14.0. The predicted octanol–water partition coefficient (Wildman–Crippen LogP) is 13.8. The second-order valence-electron chi connectivity index (χ2n) is 17.5. The van der Waals surface area contributed by atoms with Gasteiger partial charge < -0.3 is 27.9 Å². The molecule has 0 amide bonds. The van der Waals surface area contributed by atoms with E-state index in [4.69, 9.17) is 18.5 Å². The molecule has 10 heteroatoms. The summed E-state index contributed by atoms with van der Waals surface area (Å²) in [5.41, 5.74) is 0. The molecule has 0 fully saturated rings. The van der Waals surface area contributed by atoms with Crippen molar-refractivity contribution in [1.82, 2.24) is 0 Å². The average Bonchev–Trinajstić information content (AvgIpc) is 3.21. The first-order chi connectivity index (χ1) is 29.5. The third-order valence-electron chi connectivity index (χ3n) is 10.3. The van der Waals surface area contributed by atoms with Crippen molar-refractivity contribution in [3.8, 4) is 0 Å². The molecule has 0 saturated heterocycles. The molecule has 0 rings (SSSR count). The van der Waals surface area contributed by atoms with Crippen LogP contribution in [0.2, 0.25) is 0 Å². The topological polar surface area (TPSA) is 111 Å². The number of carbonyl (C=O) groups is 2. The minimum atomic E-state index is -4.64. The Bertz CT molecular complexity index is 1220. The Labute approximate surface area is 375 Å². The number of carbonyl (C=O) groups excluding carboxylic acids is 2. The van der Waals surface area contributed by atoms with Crippen molar-refractivity contribution < 1.29 is 42.1 Å². The van der Waals surface area contributed by atoms with Crippen LogP contribution in [0.1, 0.15) is 200 Å². The minimum Gasteiger partial charge on any atom is -0.756 e. The summed E-state index contributed by atoms with van der Waals surface area (Å²) < 4.78 is 33.9. The number of phosphoric ester groups is 1. The largest absolute Gasteiger partial charge is 0.756 e. The van der Waals surface area contributed by atoms with Gasteiger partial charge in [-0.15, -0.1) is 0 Å². The van der Waals surface area contributed by atoms with E-state index in [9.17, 15) is 19.0 Å². The zero-order valence-electron chi connectivity index (χ0n) is 39.8. The van der Waals surface area contributed by atoms with E-state index in [1.165, 1.54) is 109 Å². The number of phosphoric acid groups is 1. The lowest BCUT2D eigenvalue weighted by atomic mass is 10.0. The van der Waals surface area contributed by atoms with Gasteiger partial charge in [-0.3, -0.25) is 14.2 Å². The smallest absolute Gasteiger partial charge is 0.306 e. The lowest BCUT2D eigenvalue weighted by molar-refractivity contribution is -0.870. The SMILES string of the molecule is CC/C=C\C/C=C\C/C=C\C/C=C\C/C=C\CCCC(=O)OC(COC(=O)CCCCCCCCCCCCCCCCCCCCCC)COP(=O)([O-])OCC[N+](C)(C)C. The van der Waals surface area contributed by atoms with Gasteiger partial charge in [0.2, 0.25) is 0 Å².